The van der Waals surface area contributed by atoms with E-state index in [1.54, 1.807) is 6.92 Å². The first-order chi connectivity index (χ1) is 9.90. The Hall–Kier alpha value is -2.10. The summed E-state index contributed by atoms with van der Waals surface area (Å²) in [6.07, 6.45) is -0.0225. The largest absolute Gasteiger partial charge is 0.445 e. The third-order valence-corrected chi connectivity index (χ3v) is 2.95. The lowest BCUT2D eigenvalue weighted by Gasteiger charge is -2.19. The number of alkyl carbamates (subject to hydrolysis) is 1. The molecule has 1 atom stereocenters. The Kier molecular flexibility index (Phi) is 6.66. The summed E-state index contributed by atoms with van der Waals surface area (Å²) in [5.41, 5.74) is 1.34. The van der Waals surface area contributed by atoms with Gasteiger partial charge in [-0.1, -0.05) is 50.8 Å². The number of ether oxygens (including phenoxy) is 1. The normalized spacial score (nSPS) is 11.8. The quantitative estimate of drug-likeness (QED) is 0.782. The van der Waals surface area contributed by atoms with Crippen LogP contribution in [0.25, 0.3) is 0 Å². The molecule has 0 heterocycles. The average molecular weight is 289 g/mol. The van der Waals surface area contributed by atoms with E-state index in [0.29, 0.717) is 12.0 Å². The highest BCUT2D eigenvalue weighted by Gasteiger charge is 2.22. The summed E-state index contributed by atoms with van der Waals surface area (Å²) >= 11 is 0. The zero-order chi connectivity index (χ0) is 15.8. The van der Waals surface area contributed by atoms with Gasteiger partial charge in [-0.3, -0.25) is 4.79 Å². The van der Waals surface area contributed by atoms with Gasteiger partial charge in [0, 0.05) is 0 Å². The highest BCUT2D eigenvalue weighted by Crippen LogP contribution is 2.10. The van der Waals surface area contributed by atoms with Crippen LogP contribution in [0.1, 0.15) is 32.8 Å². The van der Waals surface area contributed by atoms with Gasteiger partial charge in [-0.2, -0.15) is 0 Å². The molecule has 1 aromatic carbocycles. The Labute approximate surface area is 126 Å². The molecule has 114 valence electrons. The second-order valence-electron chi connectivity index (χ2n) is 5.53. The number of carbonyl (C=O) groups excluding carboxylic acids is 2. The van der Waals surface area contributed by atoms with Crippen molar-refractivity contribution in [2.24, 2.45) is 5.92 Å². The van der Waals surface area contributed by atoms with Crippen LogP contribution in [-0.4, -0.2) is 17.9 Å². The van der Waals surface area contributed by atoms with E-state index in [4.69, 9.17) is 4.74 Å². The number of amides is 1. The highest BCUT2D eigenvalue weighted by atomic mass is 16.5. The molecule has 1 rings (SSSR count). The maximum Gasteiger partial charge on any atom is 0.408 e. The monoisotopic (exact) mass is 289 g/mol. The molecule has 1 aromatic rings. The molecule has 0 saturated heterocycles. The summed E-state index contributed by atoms with van der Waals surface area (Å²) in [5, 5.41) is 2.63. The molecule has 21 heavy (non-hydrogen) atoms. The van der Waals surface area contributed by atoms with Gasteiger partial charge in [0.25, 0.3) is 0 Å². The molecule has 0 unspecified atom stereocenters. The molecule has 4 heteroatoms. The first-order valence-electron chi connectivity index (χ1n) is 7.07. The zero-order valence-corrected chi connectivity index (χ0v) is 12.9. The van der Waals surface area contributed by atoms with Crippen molar-refractivity contribution in [3.8, 4) is 0 Å². The lowest BCUT2D eigenvalue weighted by Crippen LogP contribution is -2.42. The van der Waals surface area contributed by atoms with Crippen LogP contribution in [0, 0.1) is 5.92 Å². The highest BCUT2D eigenvalue weighted by molar-refractivity contribution is 5.99. The summed E-state index contributed by atoms with van der Waals surface area (Å²) in [6.45, 7) is 9.46. The zero-order valence-electron chi connectivity index (χ0n) is 12.9. The molecule has 0 aliphatic carbocycles. The summed E-state index contributed by atoms with van der Waals surface area (Å²) in [4.78, 5) is 23.8. The van der Waals surface area contributed by atoms with Gasteiger partial charge < -0.3 is 10.1 Å². The molecule has 0 aliphatic rings. The number of nitrogens with one attached hydrogen (secondary N) is 1. The number of hydrogen-bond donors (Lipinski definition) is 1. The van der Waals surface area contributed by atoms with Crippen molar-refractivity contribution in [1.82, 2.24) is 5.32 Å². The summed E-state index contributed by atoms with van der Waals surface area (Å²) in [7, 11) is 0. The molecular formula is C17H23NO3. The van der Waals surface area contributed by atoms with Gasteiger partial charge in [0.05, 0.1) is 6.04 Å². The predicted octanol–water partition coefficient (Wildman–Crippen LogP) is 3.47. The summed E-state index contributed by atoms with van der Waals surface area (Å²) in [5.74, 6) is 0.132. The average Bonchev–Trinajstić information content (AvgIpc) is 2.44. The number of rotatable bonds is 7. The molecule has 0 aliphatic heterocycles. The Morgan fingerprint density at radius 3 is 2.38 bits per heavy atom. The molecule has 0 fully saturated rings. The lowest BCUT2D eigenvalue weighted by molar-refractivity contribution is -0.117. The molecule has 4 nitrogen and oxygen atoms in total. The second kappa shape index (κ2) is 8.25. The van der Waals surface area contributed by atoms with E-state index < -0.39 is 12.1 Å². The van der Waals surface area contributed by atoms with E-state index in [1.807, 2.05) is 44.2 Å². The van der Waals surface area contributed by atoms with E-state index in [-0.39, 0.29) is 18.3 Å². The van der Waals surface area contributed by atoms with E-state index >= 15 is 0 Å². The van der Waals surface area contributed by atoms with Crippen LogP contribution in [-0.2, 0) is 16.1 Å². The summed E-state index contributed by atoms with van der Waals surface area (Å²) in [6, 6.07) is 8.82. The molecule has 1 N–H and O–H groups in total. The predicted molar refractivity (Wildman–Crippen MR) is 82.8 cm³/mol. The maximum atomic E-state index is 12.0. The van der Waals surface area contributed by atoms with E-state index in [9.17, 15) is 9.59 Å². The Bertz CT molecular complexity index is 494. The van der Waals surface area contributed by atoms with Gasteiger partial charge >= 0.3 is 6.09 Å². The standard InChI is InChI=1S/C17H23NO3/c1-12(2)10-15(16(19)13(3)4)18-17(20)21-11-14-8-6-5-7-9-14/h5-9,12,15H,3,10-11H2,1-2,4H3,(H,18,20)/t15-/m1/s1. The Balaban J connectivity index is 2.55. The van der Waals surface area contributed by atoms with Gasteiger partial charge in [0.2, 0.25) is 0 Å². The number of Topliss-reactive ketones (excluding diaryl/α,β-unsaturated/α-hetero) is 1. The lowest BCUT2D eigenvalue weighted by atomic mass is 9.97. The minimum absolute atomic E-state index is 0.152. The van der Waals surface area contributed by atoms with Crippen molar-refractivity contribution >= 4 is 11.9 Å². The summed E-state index contributed by atoms with van der Waals surface area (Å²) < 4.78 is 5.14. The van der Waals surface area contributed by atoms with Crippen LogP contribution in [0.2, 0.25) is 0 Å². The van der Waals surface area contributed by atoms with E-state index in [1.165, 1.54) is 0 Å². The minimum Gasteiger partial charge on any atom is -0.445 e. The van der Waals surface area contributed by atoms with Gasteiger partial charge in [-0.15, -0.1) is 0 Å². The number of carbonyl (C=O) groups is 2. The molecule has 0 aromatic heterocycles. The maximum absolute atomic E-state index is 12.0. The van der Waals surface area contributed by atoms with Crippen LogP contribution in [0.3, 0.4) is 0 Å². The molecular weight excluding hydrogens is 266 g/mol. The van der Waals surface area contributed by atoms with Crippen LogP contribution in [0.5, 0.6) is 0 Å². The fourth-order valence-electron chi connectivity index (χ4n) is 1.91. The minimum atomic E-state index is -0.584. The van der Waals surface area contributed by atoms with Crippen molar-refractivity contribution in [1.29, 1.82) is 0 Å². The third-order valence-electron chi connectivity index (χ3n) is 2.95. The second-order valence-corrected chi connectivity index (χ2v) is 5.53. The van der Waals surface area contributed by atoms with E-state index in [0.717, 1.165) is 5.56 Å². The topological polar surface area (TPSA) is 55.4 Å². The number of ketones is 1. The Morgan fingerprint density at radius 2 is 1.86 bits per heavy atom. The number of hydrogen-bond acceptors (Lipinski definition) is 3. The fourth-order valence-corrected chi connectivity index (χ4v) is 1.91. The number of benzene rings is 1. The van der Waals surface area contributed by atoms with E-state index in [2.05, 4.69) is 11.9 Å². The molecule has 1 amide bonds. The van der Waals surface area contributed by atoms with Crippen molar-refractivity contribution in [2.45, 2.75) is 39.8 Å². The first kappa shape index (κ1) is 17.0. The van der Waals surface area contributed by atoms with Gasteiger partial charge in [0.15, 0.2) is 5.78 Å². The fraction of sp³-hybridized carbons (Fsp3) is 0.412. The van der Waals surface area contributed by atoms with Crippen molar-refractivity contribution in [3.05, 3.63) is 48.0 Å². The van der Waals surface area contributed by atoms with Gasteiger partial charge in [-0.25, -0.2) is 4.79 Å². The van der Waals surface area contributed by atoms with Crippen LogP contribution >= 0.6 is 0 Å². The van der Waals surface area contributed by atoms with Crippen molar-refractivity contribution in [3.63, 3.8) is 0 Å². The first-order valence-corrected chi connectivity index (χ1v) is 7.07. The van der Waals surface area contributed by atoms with Crippen LogP contribution in [0.15, 0.2) is 42.5 Å². The van der Waals surface area contributed by atoms with Crippen LogP contribution < -0.4 is 5.32 Å². The van der Waals surface area contributed by atoms with Gasteiger partial charge in [-0.05, 0) is 30.4 Å². The molecule has 0 saturated carbocycles. The third kappa shape index (κ3) is 6.25. The molecule has 0 bridgehead atoms. The Morgan fingerprint density at radius 1 is 1.24 bits per heavy atom. The van der Waals surface area contributed by atoms with Crippen LogP contribution in [0.4, 0.5) is 4.79 Å². The molecule has 0 spiro atoms. The smallest absolute Gasteiger partial charge is 0.408 e. The van der Waals surface area contributed by atoms with Gasteiger partial charge in [0.1, 0.15) is 6.61 Å². The SMILES string of the molecule is C=C(C)C(=O)[C@@H](CC(C)C)NC(=O)OCc1ccccc1. The molecule has 0 radical (unpaired) electrons. The van der Waals surface area contributed by atoms with Crippen molar-refractivity contribution in [2.75, 3.05) is 0 Å². The van der Waals surface area contributed by atoms with Crippen molar-refractivity contribution < 1.29 is 14.3 Å².